The molecule has 2 N–H and O–H groups in total. The van der Waals surface area contributed by atoms with Crippen LogP contribution in [0.25, 0.3) is 5.65 Å². The summed E-state index contributed by atoms with van der Waals surface area (Å²) in [6.07, 6.45) is -1.32. The number of nitrogens with zero attached hydrogens (tertiary/aromatic N) is 5. The van der Waals surface area contributed by atoms with Gasteiger partial charge >= 0.3 is 6.18 Å². The van der Waals surface area contributed by atoms with Crippen LogP contribution >= 0.6 is 0 Å². The zero-order chi connectivity index (χ0) is 16.2. The van der Waals surface area contributed by atoms with E-state index in [9.17, 15) is 13.2 Å². The van der Waals surface area contributed by atoms with Gasteiger partial charge in [-0.25, -0.2) is 0 Å². The molecule has 2 aromatic heterocycles. The Labute approximate surface area is 130 Å². The van der Waals surface area contributed by atoms with Crippen LogP contribution < -0.4 is 10.6 Å². The van der Waals surface area contributed by atoms with Crippen LogP contribution in [0.1, 0.15) is 25.1 Å². The standard InChI is InChI=1S/C14H17F3N6/c15-14(16,17)13-20-19-11-4-5-12(21-23(11)13)22-6-8-2-1-3-10(18)9(8)7-22/h4-5,8-10H,1-3,6-7,18H2. The fourth-order valence-corrected chi connectivity index (χ4v) is 3.83. The third-order valence-electron chi connectivity index (χ3n) is 4.98. The van der Waals surface area contributed by atoms with Crippen LogP contribution in [0.2, 0.25) is 0 Å². The summed E-state index contributed by atoms with van der Waals surface area (Å²) in [5.74, 6) is 0.315. The van der Waals surface area contributed by atoms with Crippen LogP contribution in [0.3, 0.4) is 0 Å². The molecular formula is C14H17F3N6. The van der Waals surface area contributed by atoms with E-state index in [1.54, 1.807) is 6.07 Å². The van der Waals surface area contributed by atoms with Crippen LogP contribution in [0.15, 0.2) is 12.1 Å². The summed E-state index contributed by atoms with van der Waals surface area (Å²) < 4.78 is 39.7. The van der Waals surface area contributed by atoms with Crippen molar-refractivity contribution in [2.45, 2.75) is 31.5 Å². The average Bonchev–Trinajstić information content (AvgIpc) is 3.10. The van der Waals surface area contributed by atoms with E-state index >= 15 is 0 Å². The minimum Gasteiger partial charge on any atom is -0.355 e. The van der Waals surface area contributed by atoms with Gasteiger partial charge in [-0.2, -0.15) is 17.7 Å². The Morgan fingerprint density at radius 2 is 1.96 bits per heavy atom. The first-order valence-corrected chi connectivity index (χ1v) is 7.73. The largest absolute Gasteiger partial charge is 0.453 e. The summed E-state index contributed by atoms with van der Waals surface area (Å²) in [6.45, 7) is 1.54. The molecule has 124 valence electrons. The Morgan fingerprint density at radius 1 is 1.13 bits per heavy atom. The minimum atomic E-state index is -4.58. The molecule has 3 heterocycles. The fourth-order valence-electron chi connectivity index (χ4n) is 3.83. The molecule has 23 heavy (non-hydrogen) atoms. The van der Waals surface area contributed by atoms with Crippen molar-refractivity contribution in [1.29, 1.82) is 0 Å². The minimum absolute atomic E-state index is 0.0920. The van der Waals surface area contributed by atoms with E-state index in [-0.39, 0.29) is 11.7 Å². The first-order valence-electron chi connectivity index (χ1n) is 7.73. The number of hydrogen-bond acceptors (Lipinski definition) is 5. The van der Waals surface area contributed by atoms with Crippen LogP contribution in [0.4, 0.5) is 19.0 Å². The second kappa shape index (κ2) is 5.05. The molecule has 0 amide bonds. The maximum absolute atomic E-state index is 13.0. The van der Waals surface area contributed by atoms with Gasteiger partial charge in [0.1, 0.15) is 5.82 Å². The van der Waals surface area contributed by atoms with Gasteiger partial charge in [-0.05, 0) is 36.8 Å². The number of hydrogen-bond donors (Lipinski definition) is 1. The first-order chi connectivity index (χ1) is 10.9. The molecule has 9 heteroatoms. The van der Waals surface area contributed by atoms with E-state index < -0.39 is 12.0 Å². The quantitative estimate of drug-likeness (QED) is 0.864. The van der Waals surface area contributed by atoms with Crippen LogP contribution in [0.5, 0.6) is 0 Å². The summed E-state index contributed by atoms with van der Waals surface area (Å²) in [5.41, 5.74) is 6.29. The van der Waals surface area contributed by atoms with E-state index in [0.717, 1.165) is 36.9 Å². The Bertz CT molecular complexity index is 727. The Hall–Kier alpha value is -1.90. The van der Waals surface area contributed by atoms with Gasteiger partial charge in [0.2, 0.25) is 0 Å². The van der Waals surface area contributed by atoms with Gasteiger partial charge in [-0.15, -0.1) is 15.3 Å². The molecule has 1 aliphatic carbocycles. The number of alkyl halides is 3. The number of fused-ring (bicyclic) bond motifs is 2. The van der Waals surface area contributed by atoms with Gasteiger partial charge in [0.15, 0.2) is 5.65 Å². The molecule has 2 aromatic rings. The van der Waals surface area contributed by atoms with Gasteiger partial charge in [0.25, 0.3) is 5.82 Å². The second-order valence-corrected chi connectivity index (χ2v) is 6.41. The molecule has 4 rings (SSSR count). The third kappa shape index (κ3) is 2.43. The van der Waals surface area contributed by atoms with E-state index in [1.165, 1.54) is 6.07 Å². The van der Waals surface area contributed by atoms with E-state index in [4.69, 9.17) is 5.73 Å². The SMILES string of the molecule is NC1CCCC2CN(c3ccc4nnc(C(F)(F)F)n4n3)CC12. The maximum Gasteiger partial charge on any atom is 0.453 e. The average molecular weight is 326 g/mol. The first kappa shape index (κ1) is 14.7. The monoisotopic (exact) mass is 326 g/mol. The Morgan fingerprint density at radius 3 is 2.70 bits per heavy atom. The molecule has 0 spiro atoms. The van der Waals surface area contributed by atoms with Gasteiger partial charge < -0.3 is 10.6 Å². The van der Waals surface area contributed by atoms with E-state index in [0.29, 0.717) is 17.7 Å². The summed E-state index contributed by atoms with van der Waals surface area (Å²) in [7, 11) is 0. The summed E-state index contributed by atoms with van der Waals surface area (Å²) in [5, 5.41) is 10.9. The molecule has 0 radical (unpaired) electrons. The second-order valence-electron chi connectivity index (χ2n) is 6.41. The number of nitrogens with two attached hydrogens (primary N) is 1. The molecule has 3 atom stereocenters. The molecule has 2 fully saturated rings. The molecule has 0 bridgehead atoms. The molecular weight excluding hydrogens is 309 g/mol. The van der Waals surface area contributed by atoms with Crippen molar-refractivity contribution in [3.63, 3.8) is 0 Å². The molecule has 1 saturated heterocycles. The van der Waals surface area contributed by atoms with Crippen molar-refractivity contribution >= 4 is 11.5 Å². The molecule has 0 aromatic carbocycles. The molecule has 2 aliphatic rings. The van der Waals surface area contributed by atoms with Crippen LogP contribution in [0, 0.1) is 11.8 Å². The topological polar surface area (TPSA) is 72.3 Å². The summed E-state index contributed by atoms with van der Waals surface area (Å²) in [6, 6.07) is 3.39. The van der Waals surface area contributed by atoms with Crippen molar-refractivity contribution in [1.82, 2.24) is 19.8 Å². The molecule has 6 nitrogen and oxygen atoms in total. The smallest absolute Gasteiger partial charge is 0.355 e. The highest BCUT2D eigenvalue weighted by Crippen LogP contribution is 2.37. The van der Waals surface area contributed by atoms with Gasteiger partial charge in [0.05, 0.1) is 0 Å². The summed E-state index contributed by atoms with van der Waals surface area (Å²) >= 11 is 0. The van der Waals surface area contributed by atoms with E-state index in [2.05, 4.69) is 15.3 Å². The third-order valence-corrected chi connectivity index (χ3v) is 4.98. The summed E-state index contributed by atoms with van der Waals surface area (Å²) in [4.78, 5) is 2.03. The highest BCUT2D eigenvalue weighted by atomic mass is 19.4. The zero-order valence-electron chi connectivity index (χ0n) is 12.4. The predicted molar refractivity (Wildman–Crippen MR) is 76.8 cm³/mol. The predicted octanol–water partition coefficient (Wildman–Crippen LogP) is 1.71. The molecule has 1 aliphatic heterocycles. The van der Waals surface area contributed by atoms with Crippen molar-refractivity contribution in [2.24, 2.45) is 17.6 Å². The van der Waals surface area contributed by atoms with Gasteiger partial charge in [0, 0.05) is 19.1 Å². The van der Waals surface area contributed by atoms with Crippen LogP contribution in [-0.2, 0) is 6.18 Å². The van der Waals surface area contributed by atoms with Crippen molar-refractivity contribution < 1.29 is 13.2 Å². The lowest BCUT2D eigenvalue weighted by Crippen LogP contribution is -2.38. The Kier molecular flexibility index (Phi) is 3.22. The Balaban J connectivity index is 1.67. The lowest BCUT2D eigenvalue weighted by atomic mass is 9.78. The highest BCUT2D eigenvalue weighted by Gasteiger charge is 2.40. The molecule has 3 unspecified atom stereocenters. The number of anilines is 1. The number of rotatable bonds is 1. The van der Waals surface area contributed by atoms with Gasteiger partial charge in [-0.3, -0.25) is 0 Å². The van der Waals surface area contributed by atoms with Crippen molar-refractivity contribution in [3.8, 4) is 0 Å². The lowest BCUT2D eigenvalue weighted by Gasteiger charge is -2.29. The van der Waals surface area contributed by atoms with E-state index in [1.807, 2.05) is 4.90 Å². The van der Waals surface area contributed by atoms with Crippen molar-refractivity contribution in [3.05, 3.63) is 18.0 Å². The fraction of sp³-hybridized carbons (Fsp3) is 0.643. The lowest BCUT2D eigenvalue weighted by molar-refractivity contribution is -0.146. The number of halogens is 3. The normalized spacial score (nSPS) is 28.3. The maximum atomic E-state index is 13.0. The zero-order valence-corrected chi connectivity index (χ0v) is 12.4. The van der Waals surface area contributed by atoms with Crippen molar-refractivity contribution in [2.75, 3.05) is 18.0 Å². The highest BCUT2D eigenvalue weighted by molar-refractivity contribution is 5.47. The van der Waals surface area contributed by atoms with Gasteiger partial charge in [-0.1, -0.05) is 6.42 Å². The molecule has 1 saturated carbocycles. The van der Waals surface area contributed by atoms with Crippen LogP contribution in [-0.4, -0.2) is 38.9 Å². The number of aromatic nitrogens is 4.